The smallest absolute Gasteiger partial charge is 0.425 e. The average Bonchev–Trinajstić information content (AvgIpc) is 3.50. The Balaban J connectivity index is 0.00000156. The average molecular weight is 554 g/mol. The number of sulfone groups is 1. The molecule has 8 nitrogen and oxygen atoms in total. The van der Waals surface area contributed by atoms with Gasteiger partial charge < -0.3 is 9.64 Å². The fourth-order valence-corrected chi connectivity index (χ4v) is 5.33. The molecular formula is C23H28F5N3O5S. The molecule has 37 heavy (non-hydrogen) atoms. The number of carbonyl (C=O) groups excluding carboxylic acids is 1. The second kappa shape index (κ2) is 9.07. The van der Waals surface area contributed by atoms with E-state index in [0.717, 1.165) is 31.4 Å². The zero-order chi connectivity index (χ0) is 27.6. The van der Waals surface area contributed by atoms with Gasteiger partial charge in [0.15, 0.2) is 22.2 Å². The molecule has 1 aromatic rings. The van der Waals surface area contributed by atoms with Crippen LogP contribution in [-0.4, -0.2) is 68.8 Å². The molecule has 2 heterocycles. The number of amidine groups is 1. The van der Waals surface area contributed by atoms with Crippen molar-refractivity contribution in [3.63, 3.8) is 0 Å². The normalized spacial score (nSPS) is 30.4. The zero-order valence-electron chi connectivity index (χ0n) is 20.6. The van der Waals surface area contributed by atoms with Crippen molar-refractivity contribution >= 4 is 21.6 Å². The SMILES string of the molecule is CC.C[C@@H](Oc1ccc(S(C)(=O)=O)cc1C(=O)N1CC2CC2(C2=NC(C3CC3(F)F)ON2)C1)C(F)(F)F. The number of aliphatic imine (C=N–C) groups is 1. The summed E-state index contributed by atoms with van der Waals surface area (Å²) in [7, 11) is -3.76. The Hall–Kier alpha value is -2.48. The van der Waals surface area contributed by atoms with Gasteiger partial charge in [0.25, 0.3) is 11.8 Å². The summed E-state index contributed by atoms with van der Waals surface area (Å²) >= 11 is 0. The minimum Gasteiger partial charge on any atom is -0.480 e. The summed E-state index contributed by atoms with van der Waals surface area (Å²) in [5.41, 5.74) is 1.69. The molecule has 2 saturated carbocycles. The number of piperidine rings is 1. The molecule has 0 bridgehead atoms. The van der Waals surface area contributed by atoms with Gasteiger partial charge in [-0.05, 0) is 37.5 Å². The number of carbonyl (C=O) groups is 1. The first-order valence-electron chi connectivity index (χ1n) is 11.9. The molecule has 0 radical (unpaired) electrons. The molecule has 1 aromatic carbocycles. The van der Waals surface area contributed by atoms with Crippen LogP contribution < -0.4 is 10.2 Å². The highest BCUT2D eigenvalue weighted by Crippen LogP contribution is 2.60. The predicted molar refractivity (Wildman–Crippen MR) is 122 cm³/mol. The van der Waals surface area contributed by atoms with Crippen molar-refractivity contribution in [1.82, 2.24) is 10.4 Å². The Morgan fingerprint density at radius 2 is 1.92 bits per heavy atom. The van der Waals surface area contributed by atoms with Gasteiger partial charge in [0.05, 0.1) is 21.8 Å². The Kier molecular flexibility index (Phi) is 6.75. The molecule has 1 saturated heterocycles. The van der Waals surface area contributed by atoms with E-state index >= 15 is 0 Å². The van der Waals surface area contributed by atoms with Gasteiger partial charge in [-0.25, -0.2) is 27.0 Å². The van der Waals surface area contributed by atoms with Crippen molar-refractivity contribution in [3.8, 4) is 5.75 Å². The van der Waals surface area contributed by atoms with Crippen molar-refractivity contribution in [2.24, 2.45) is 22.2 Å². The Bertz CT molecular complexity index is 1220. The Morgan fingerprint density at radius 3 is 2.49 bits per heavy atom. The van der Waals surface area contributed by atoms with E-state index in [2.05, 4.69) is 10.5 Å². The summed E-state index contributed by atoms with van der Waals surface area (Å²) in [6.45, 7) is 5.14. The van der Waals surface area contributed by atoms with Crippen molar-refractivity contribution in [3.05, 3.63) is 23.8 Å². The number of hydrogen-bond donors (Lipinski definition) is 1. The molecule has 5 atom stereocenters. The van der Waals surface area contributed by atoms with Crippen LogP contribution in [0.2, 0.25) is 0 Å². The monoisotopic (exact) mass is 553 g/mol. The molecular weight excluding hydrogens is 525 g/mol. The van der Waals surface area contributed by atoms with Crippen LogP contribution in [-0.2, 0) is 14.7 Å². The Labute approximate surface area is 211 Å². The predicted octanol–water partition coefficient (Wildman–Crippen LogP) is 3.82. The van der Waals surface area contributed by atoms with E-state index < -0.39 is 57.3 Å². The molecule has 14 heteroatoms. The molecule has 4 aliphatic rings. The van der Waals surface area contributed by atoms with Crippen molar-refractivity contribution in [2.45, 2.75) is 62.9 Å². The third-order valence-corrected chi connectivity index (χ3v) is 8.14. The third kappa shape index (κ3) is 5.14. The Morgan fingerprint density at radius 1 is 1.27 bits per heavy atom. The van der Waals surface area contributed by atoms with Gasteiger partial charge in [0, 0.05) is 25.8 Å². The summed E-state index contributed by atoms with van der Waals surface area (Å²) in [5, 5.41) is 0. The number of rotatable bonds is 6. The summed E-state index contributed by atoms with van der Waals surface area (Å²) in [6.07, 6.45) is -6.71. The topological polar surface area (TPSA) is 97.3 Å². The maximum Gasteiger partial charge on any atom is 0.425 e. The van der Waals surface area contributed by atoms with E-state index in [-0.39, 0.29) is 35.9 Å². The summed E-state index contributed by atoms with van der Waals surface area (Å²) < 4.78 is 94.9. The maximum atomic E-state index is 13.4. The lowest BCUT2D eigenvalue weighted by molar-refractivity contribution is -0.189. The fourth-order valence-electron chi connectivity index (χ4n) is 4.68. The zero-order valence-corrected chi connectivity index (χ0v) is 21.4. The number of amides is 1. The minimum atomic E-state index is -4.70. The van der Waals surface area contributed by atoms with E-state index in [1.807, 2.05) is 13.8 Å². The van der Waals surface area contributed by atoms with Crippen LogP contribution >= 0.6 is 0 Å². The van der Waals surface area contributed by atoms with E-state index in [4.69, 9.17) is 9.57 Å². The standard InChI is InChI=1S/C21H22F5N3O5S.C2H6/c1-10(21(24,25)26)33-15-4-3-12(35(2,31)32)5-13(15)17(30)29-8-11-6-19(11,9-29)18-27-16(34-28-18)14-7-20(14,22)23;1-2/h3-5,10-11,14,16H,6-9H2,1-2H3,(H,27,28);1-2H3/t10-,11?,14?,16?,19?;/m1./s1. The first kappa shape index (κ1) is 27.6. The second-order valence-electron chi connectivity index (χ2n) is 9.63. The van der Waals surface area contributed by atoms with Crippen LogP contribution in [0.5, 0.6) is 5.75 Å². The van der Waals surface area contributed by atoms with E-state index in [0.29, 0.717) is 12.3 Å². The van der Waals surface area contributed by atoms with Crippen LogP contribution in [0.4, 0.5) is 22.0 Å². The van der Waals surface area contributed by atoms with Crippen LogP contribution in [0.3, 0.4) is 0 Å². The number of halogens is 5. The van der Waals surface area contributed by atoms with Gasteiger partial charge in [-0.2, -0.15) is 13.2 Å². The lowest BCUT2D eigenvalue weighted by atomic mass is 10.1. The van der Waals surface area contributed by atoms with Crippen LogP contribution in [0.1, 0.15) is 44.0 Å². The summed E-state index contributed by atoms with van der Waals surface area (Å²) in [5.74, 6) is -4.59. The van der Waals surface area contributed by atoms with E-state index in [1.165, 1.54) is 4.90 Å². The number of alkyl halides is 5. The molecule has 1 amide bonds. The molecule has 2 aliphatic heterocycles. The lowest BCUT2D eigenvalue weighted by Gasteiger charge is -2.24. The fraction of sp³-hybridized carbons (Fsp3) is 0.652. The highest BCUT2D eigenvalue weighted by atomic mass is 32.2. The number of nitrogens with zero attached hydrogens (tertiary/aromatic N) is 2. The molecule has 2 aliphatic carbocycles. The van der Waals surface area contributed by atoms with Gasteiger partial charge in [0.2, 0.25) is 0 Å². The molecule has 4 unspecified atom stereocenters. The first-order valence-corrected chi connectivity index (χ1v) is 13.8. The first-order chi connectivity index (χ1) is 17.1. The molecule has 1 N–H and O–H groups in total. The maximum absolute atomic E-state index is 13.4. The van der Waals surface area contributed by atoms with Crippen molar-refractivity contribution < 1.29 is 44.7 Å². The van der Waals surface area contributed by atoms with Gasteiger partial charge >= 0.3 is 6.18 Å². The number of nitrogens with one attached hydrogen (secondary N) is 1. The highest BCUT2D eigenvalue weighted by molar-refractivity contribution is 7.90. The quantitative estimate of drug-likeness (QED) is 0.538. The summed E-state index contributed by atoms with van der Waals surface area (Å²) in [6, 6.07) is 3.12. The number of ether oxygens (including phenoxy) is 1. The van der Waals surface area contributed by atoms with Gasteiger partial charge in [-0.1, -0.05) is 13.8 Å². The number of hydrogen-bond acceptors (Lipinski definition) is 7. The number of likely N-dealkylation sites (tertiary alicyclic amines) is 1. The largest absolute Gasteiger partial charge is 0.480 e. The van der Waals surface area contributed by atoms with Crippen molar-refractivity contribution in [1.29, 1.82) is 0 Å². The van der Waals surface area contributed by atoms with E-state index in [1.54, 1.807) is 0 Å². The van der Waals surface area contributed by atoms with Gasteiger partial charge in [-0.15, -0.1) is 0 Å². The van der Waals surface area contributed by atoms with Crippen LogP contribution in [0.25, 0.3) is 0 Å². The van der Waals surface area contributed by atoms with Gasteiger partial charge in [-0.3, -0.25) is 10.3 Å². The molecule has 206 valence electrons. The molecule has 5 rings (SSSR count). The van der Waals surface area contributed by atoms with Crippen LogP contribution in [0, 0.1) is 17.3 Å². The van der Waals surface area contributed by atoms with Gasteiger partial charge in [0.1, 0.15) is 11.6 Å². The summed E-state index contributed by atoms with van der Waals surface area (Å²) in [4.78, 5) is 24.0. The molecule has 3 fully saturated rings. The second-order valence-corrected chi connectivity index (χ2v) is 11.7. The van der Waals surface area contributed by atoms with Crippen molar-refractivity contribution in [2.75, 3.05) is 19.3 Å². The number of fused-ring (bicyclic) bond motifs is 1. The lowest BCUT2D eigenvalue weighted by Crippen LogP contribution is -2.37. The minimum absolute atomic E-state index is 0.0451. The highest BCUT2D eigenvalue weighted by Gasteiger charge is 2.67. The molecule has 0 aromatic heterocycles. The third-order valence-electron chi connectivity index (χ3n) is 7.03. The number of benzene rings is 1. The van der Waals surface area contributed by atoms with E-state index in [9.17, 15) is 35.2 Å². The number of hydroxylamine groups is 1. The van der Waals surface area contributed by atoms with Crippen LogP contribution in [0.15, 0.2) is 28.1 Å². The molecule has 0 spiro atoms.